The van der Waals surface area contributed by atoms with E-state index in [1.807, 2.05) is 13.0 Å². The minimum Gasteiger partial charge on any atom is -0.474 e. The van der Waals surface area contributed by atoms with Crippen molar-refractivity contribution in [2.45, 2.75) is 25.9 Å². The van der Waals surface area contributed by atoms with E-state index in [1.54, 1.807) is 6.20 Å². The summed E-state index contributed by atoms with van der Waals surface area (Å²) in [6.45, 7) is 2.80. The molecule has 0 amide bonds. The minimum atomic E-state index is 0.312. The molecule has 3 nitrogen and oxygen atoms in total. The van der Waals surface area contributed by atoms with E-state index in [9.17, 15) is 0 Å². The minimum absolute atomic E-state index is 0.312. The maximum Gasteiger partial charge on any atom is 0.213 e. The molecule has 1 aliphatic carbocycles. The summed E-state index contributed by atoms with van der Waals surface area (Å²) in [6.07, 6.45) is 4.22. The van der Waals surface area contributed by atoms with Crippen LogP contribution in [0.5, 0.6) is 5.88 Å². The first-order chi connectivity index (χ1) is 7.19. The maximum atomic E-state index is 5.73. The number of nitrogens with zero attached hydrogens (tertiary/aromatic N) is 1. The van der Waals surface area contributed by atoms with Gasteiger partial charge in [-0.1, -0.05) is 0 Å². The van der Waals surface area contributed by atoms with Crippen LogP contribution in [0.3, 0.4) is 0 Å². The van der Waals surface area contributed by atoms with Gasteiger partial charge in [-0.2, -0.15) is 0 Å². The first-order valence-electron chi connectivity index (χ1n) is 5.18. The summed E-state index contributed by atoms with van der Waals surface area (Å²) in [4.78, 5) is 4.21. The van der Waals surface area contributed by atoms with Crippen molar-refractivity contribution in [3.8, 4) is 5.88 Å². The fourth-order valence-electron chi connectivity index (χ4n) is 1.71. The number of nitrogens with two attached hydrogens (primary N) is 1. The molecule has 0 aliphatic heterocycles. The molecule has 0 bridgehead atoms. The number of hydrogen-bond donors (Lipinski definition) is 1. The Bertz CT molecular complexity index is 350. The summed E-state index contributed by atoms with van der Waals surface area (Å²) in [5, 5.41) is 0. The van der Waals surface area contributed by atoms with Gasteiger partial charge < -0.3 is 10.5 Å². The van der Waals surface area contributed by atoms with E-state index in [0.717, 1.165) is 35.3 Å². The van der Waals surface area contributed by atoms with Gasteiger partial charge in [-0.3, -0.25) is 0 Å². The Labute approximate surface area is 98.2 Å². The van der Waals surface area contributed by atoms with E-state index in [4.69, 9.17) is 10.5 Å². The molecule has 0 saturated heterocycles. The van der Waals surface area contributed by atoms with Crippen molar-refractivity contribution >= 4 is 15.9 Å². The van der Waals surface area contributed by atoms with Gasteiger partial charge in [0.2, 0.25) is 5.88 Å². The lowest BCUT2D eigenvalue weighted by molar-refractivity contribution is 0.0648. The van der Waals surface area contributed by atoms with Crippen LogP contribution in [-0.2, 0) is 0 Å². The van der Waals surface area contributed by atoms with Gasteiger partial charge in [0.15, 0.2) is 0 Å². The second-order valence-corrected chi connectivity index (χ2v) is 4.94. The third-order valence-electron chi connectivity index (χ3n) is 2.84. The summed E-state index contributed by atoms with van der Waals surface area (Å²) in [6, 6.07) is 1.96. The highest BCUT2D eigenvalue weighted by atomic mass is 79.9. The molecule has 0 spiro atoms. The molecule has 0 atom stereocenters. The molecule has 82 valence electrons. The SMILES string of the molecule is Cc1cc(OC2CC(CN)C2)ncc1Br. The molecule has 1 fully saturated rings. The number of halogens is 1. The number of hydrogen-bond acceptors (Lipinski definition) is 3. The van der Waals surface area contributed by atoms with E-state index < -0.39 is 0 Å². The summed E-state index contributed by atoms with van der Waals surface area (Å²) >= 11 is 3.41. The summed E-state index contributed by atoms with van der Waals surface area (Å²) in [5.74, 6) is 1.36. The Morgan fingerprint density at radius 1 is 1.60 bits per heavy atom. The highest BCUT2D eigenvalue weighted by Gasteiger charge is 2.29. The van der Waals surface area contributed by atoms with Gasteiger partial charge >= 0.3 is 0 Å². The zero-order valence-corrected chi connectivity index (χ0v) is 10.3. The molecule has 2 rings (SSSR count). The Morgan fingerprint density at radius 3 is 2.93 bits per heavy atom. The van der Waals surface area contributed by atoms with E-state index in [-0.39, 0.29) is 0 Å². The number of aromatic nitrogens is 1. The third-order valence-corrected chi connectivity index (χ3v) is 3.67. The second-order valence-electron chi connectivity index (χ2n) is 4.08. The van der Waals surface area contributed by atoms with Crippen molar-refractivity contribution in [2.24, 2.45) is 11.7 Å². The molecule has 2 N–H and O–H groups in total. The van der Waals surface area contributed by atoms with Crippen LogP contribution in [0.4, 0.5) is 0 Å². The van der Waals surface area contributed by atoms with Crippen LogP contribution < -0.4 is 10.5 Å². The Hall–Kier alpha value is -0.610. The molecular formula is C11H15BrN2O. The predicted octanol–water partition coefficient (Wildman–Crippen LogP) is 2.27. The van der Waals surface area contributed by atoms with Crippen LogP contribution in [0.25, 0.3) is 0 Å². The molecule has 0 aromatic carbocycles. The Morgan fingerprint density at radius 2 is 2.33 bits per heavy atom. The van der Waals surface area contributed by atoms with Crippen molar-refractivity contribution in [3.63, 3.8) is 0 Å². The molecule has 1 aliphatic rings. The van der Waals surface area contributed by atoms with E-state index in [2.05, 4.69) is 20.9 Å². The number of rotatable bonds is 3. The first kappa shape index (κ1) is 10.9. The zero-order valence-electron chi connectivity index (χ0n) is 8.74. The molecule has 1 saturated carbocycles. The van der Waals surface area contributed by atoms with Crippen LogP contribution >= 0.6 is 15.9 Å². The van der Waals surface area contributed by atoms with Gasteiger partial charge in [-0.05, 0) is 53.7 Å². The summed E-state index contributed by atoms with van der Waals surface area (Å²) in [5.41, 5.74) is 6.70. The van der Waals surface area contributed by atoms with E-state index in [0.29, 0.717) is 12.0 Å². The maximum absolute atomic E-state index is 5.73. The van der Waals surface area contributed by atoms with Crippen LogP contribution in [-0.4, -0.2) is 17.6 Å². The number of pyridine rings is 1. The lowest BCUT2D eigenvalue weighted by Gasteiger charge is -2.34. The van der Waals surface area contributed by atoms with Crippen molar-refractivity contribution in [1.82, 2.24) is 4.98 Å². The molecule has 1 aromatic rings. The zero-order chi connectivity index (χ0) is 10.8. The standard InChI is InChI=1S/C11H15BrN2O/c1-7-2-11(14-6-10(7)12)15-9-3-8(4-9)5-13/h2,6,8-9H,3-5,13H2,1H3. The van der Waals surface area contributed by atoms with Crippen LogP contribution in [0, 0.1) is 12.8 Å². The molecule has 1 heterocycles. The fraction of sp³-hybridized carbons (Fsp3) is 0.545. The predicted molar refractivity (Wildman–Crippen MR) is 62.9 cm³/mol. The molecule has 0 radical (unpaired) electrons. The first-order valence-corrected chi connectivity index (χ1v) is 5.97. The quantitative estimate of drug-likeness (QED) is 0.917. The smallest absolute Gasteiger partial charge is 0.213 e. The second kappa shape index (κ2) is 4.49. The number of aryl methyl sites for hydroxylation is 1. The van der Waals surface area contributed by atoms with Gasteiger partial charge in [0, 0.05) is 16.7 Å². The average molecular weight is 271 g/mol. The van der Waals surface area contributed by atoms with E-state index in [1.165, 1.54) is 0 Å². The summed E-state index contributed by atoms with van der Waals surface area (Å²) in [7, 11) is 0. The molecule has 4 heteroatoms. The van der Waals surface area contributed by atoms with Gasteiger partial charge in [0.1, 0.15) is 6.10 Å². The van der Waals surface area contributed by atoms with Crippen molar-refractivity contribution in [1.29, 1.82) is 0 Å². The molecular weight excluding hydrogens is 256 g/mol. The normalized spacial score (nSPS) is 24.7. The van der Waals surface area contributed by atoms with Crippen molar-refractivity contribution in [2.75, 3.05) is 6.54 Å². The lowest BCUT2D eigenvalue weighted by Crippen LogP contribution is -2.37. The van der Waals surface area contributed by atoms with Crippen LogP contribution in [0.1, 0.15) is 18.4 Å². The lowest BCUT2D eigenvalue weighted by atomic mass is 9.82. The highest BCUT2D eigenvalue weighted by molar-refractivity contribution is 9.10. The topological polar surface area (TPSA) is 48.1 Å². The Balaban J connectivity index is 1.92. The summed E-state index contributed by atoms with van der Waals surface area (Å²) < 4.78 is 6.75. The van der Waals surface area contributed by atoms with Gasteiger partial charge in [0.05, 0.1) is 0 Å². The highest BCUT2D eigenvalue weighted by Crippen LogP contribution is 2.30. The number of ether oxygens (including phenoxy) is 1. The average Bonchev–Trinajstić information content (AvgIpc) is 2.16. The van der Waals surface area contributed by atoms with Gasteiger partial charge in [-0.15, -0.1) is 0 Å². The largest absolute Gasteiger partial charge is 0.474 e. The van der Waals surface area contributed by atoms with Crippen molar-refractivity contribution in [3.05, 3.63) is 22.3 Å². The monoisotopic (exact) mass is 270 g/mol. The molecule has 0 unspecified atom stereocenters. The Kier molecular flexibility index (Phi) is 3.26. The van der Waals surface area contributed by atoms with Gasteiger partial charge in [-0.25, -0.2) is 4.98 Å². The molecule has 15 heavy (non-hydrogen) atoms. The van der Waals surface area contributed by atoms with Gasteiger partial charge in [0.25, 0.3) is 0 Å². The van der Waals surface area contributed by atoms with E-state index >= 15 is 0 Å². The van der Waals surface area contributed by atoms with Crippen molar-refractivity contribution < 1.29 is 4.74 Å². The molecule has 1 aromatic heterocycles. The van der Waals surface area contributed by atoms with Crippen LogP contribution in [0.2, 0.25) is 0 Å². The fourth-order valence-corrected chi connectivity index (χ4v) is 1.93. The third kappa shape index (κ3) is 2.49. The van der Waals surface area contributed by atoms with Crippen LogP contribution in [0.15, 0.2) is 16.7 Å².